The Morgan fingerprint density at radius 2 is 1.33 bits per heavy atom. The maximum atomic E-state index is 13.0. The van der Waals surface area contributed by atoms with Gasteiger partial charge >= 0.3 is 7.12 Å². The quantitative estimate of drug-likeness (QED) is 0.277. The number of aliphatic imine (C=N–C) groups is 2. The molecule has 10 nitrogen and oxygen atoms in total. The van der Waals surface area contributed by atoms with E-state index in [0.717, 1.165) is 5.57 Å². The van der Waals surface area contributed by atoms with Crippen molar-refractivity contribution in [1.29, 1.82) is 0 Å². The lowest BCUT2D eigenvalue weighted by Gasteiger charge is -2.08. The number of hydrogen-bond acceptors (Lipinski definition) is 8. The summed E-state index contributed by atoms with van der Waals surface area (Å²) in [5, 5.41) is 17.1. The van der Waals surface area contributed by atoms with Gasteiger partial charge in [0.05, 0.1) is 13.1 Å². The third kappa shape index (κ3) is 8.67. The van der Waals surface area contributed by atoms with E-state index in [-0.39, 0.29) is 22.8 Å². The van der Waals surface area contributed by atoms with Crippen LogP contribution >= 0.6 is 31.9 Å². The SMILES string of the molecule is O=c1[nH]cc(Br)nc1C1=CCN=C1.O=c1c(C2=CCN=C2)nc(Br)cn1-c1ccc(F)cc1.OB(O)c1ccc(F)cc1. The highest BCUT2D eigenvalue weighted by atomic mass is 79.9. The Balaban J connectivity index is 0.000000159. The number of aromatic nitrogens is 4. The maximum Gasteiger partial charge on any atom is 0.488 e. The van der Waals surface area contributed by atoms with Gasteiger partial charge in [0, 0.05) is 41.7 Å². The van der Waals surface area contributed by atoms with Crippen LogP contribution in [0.1, 0.15) is 11.4 Å². The second kappa shape index (κ2) is 14.8. The average molecular weight is 714 g/mol. The Labute approximate surface area is 260 Å². The molecule has 0 saturated heterocycles. The van der Waals surface area contributed by atoms with Crippen molar-refractivity contribution in [1.82, 2.24) is 19.5 Å². The number of hydrogen-bond donors (Lipinski definition) is 3. The van der Waals surface area contributed by atoms with Crippen LogP contribution in [-0.4, -0.2) is 62.2 Å². The molecule has 2 aliphatic rings. The Bertz CT molecular complexity index is 1840. The zero-order valence-corrected chi connectivity index (χ0v) is 25.2. The van der Waals surface area contributed by atoms with Gasteiger partial charge in [0.15, 0.2) is 0 Å². The lowest BCUT2D eigenvalue weighted by molar-refractivity contribution is 0.425. The van der Waals surface area contributed by atoms with Crippen LogP contribution in [0.3, 0.4) is 0 Å². The fourth-order valence-electron chi connectivity index (χ4n) is 3.68. The monoisotopic (exact) mass is 712 g/mol. The molecule has 0 radical (unpaired) electrons. The van der Waals surface area contributed by atoms with Crippen molar-refractivity contribution < 1.29 is 18.8 Å². The first-order valence-electron chi connectivity index (χ1n) is 12.4. The van der Waals surface area contributed by atoms with Crippen molar-refractivity contribution in [2.45, 2.75) is 0 Å². The number of nitrogens with zero attached hydrogens (tertiary/aromatic N) is 5. The molecule has 0 fully saturated rings. The van der Waals surface area contributed by atoms with Gasteiger partial charge in [0.1, 0.15) is 32.2 Å². The number of halogens is 4. The molecule has 0 unspecified atom stereocenters. The van der Waals surface area contributed by atoms with Gasteiger partial charge in [-0.05, 0) is 73.7 Å². The molecule has 0 atom stereocenters. The van der Waals surface area contributed by atoms with Crippen LogP contribution in [0.2, 0.25) is 0 Å². The van der Waals surface area contributed by atoms with E-state index >= 15 is 0 Å². The molecule has 0 spiro atoms. The van der Waals surface area contributed by atoms with E-state index in [9.17, 15) is 18.4 Å². The molecule has 4 aromatic rings. The van der Waals surface area contributed by atoms with Gasteiger partial charge in [-0.25, -0.2) is 18.7 Å². The summed E-state index contributed by atoms with van der Waals surface area (Å²) in [4.78, 5) is 42.7. The Morgan fingerprint density at radius 1 is 0.791 bits per heavy atom. The van der Waals surface area contributed by atoms with Crippen molar-refractivity contribution in [3.63, 3.8) is 0 Å². The van der Waals surface area contributed by atoms with Gasteiger partial charge < -0.3 is 15.0 Å². The minimum absolute atomic E-state index is 0.192. The van der Waals surface area contributed by atoms with Gasteiger partial charge in [0.25, 0.3) is 11.1 Å². The molecule has 3 N–H and O–H groups in total. The van der Waals surface area contributed by atoms with Gasteiger partial charge in [-0.1, -0.05) is 24.3 Å². The number of rotatable bonds is 4. The normalized spacial score (nSPS) is 13.0. The molecule has 2 aromatic heterocycles. The van der Waals surface area contributed by atoms with E-state index in [1.165, 1.54) is 47.2 Å². The highest BCUT2D eigenvalue weighted by Crippen LogP contribution is 2.16. The summed E-state index contributed by atoms with van der Waals surface area (Å²) in [7, 11) is -1.51. The number of allylic oxidation sites excluding steroid dienone is 2. The molecule has 15 heteroatoms. The van der Waals surface area contributed by atoms with Crippen LogP contribution in [0.25, 0.3) is 16.8 Å². The predicted octanol–water partition coefficient (Wildman–Crippen LogP) is 3.11. The van der Waals surface area contributed by atoms with Crippen molar-refractivity contribution in [3.8, 4) is 5.69 Å². The molecule has 218 valence electrons. The van der Waals surface area contributed by atoms with E-state index in [0.29, 0.717) is 50.4 Å². The van der Waals surface area contributed by atoms with Gasteiger partial charge in [-0.3, -0.25) is 24.1 Å². The first kappa shape index (κ1) is 31.8. The third-order valence-electron chi connectivity index (χ3n) is 5.75. The number of H-pyrrole nitrogens is 1. The van der Waals surface area contributed by atoms with Crippen molar-refractivity contribution in [2.24, 2.45) is 9.98 Å². The molecule has 6 rings (SSSR count). The molecule has 4 heterocycles. The average Bonchev–Trinajstić information content (AvgIpc) is 3.72. The maximum absolute atomic E-state index is 13.0. The minimum Gasteiger partial charge on any atom is -0.423 e. The molecule has 0 saturated carbocycles. The molecule has 0 bridgehead atoms. The fraction of sp³-hybridized carbons (Fsp3) is 0.0714. The van der Waals surface area contributed by atoms with Crippen LogP contribution in [0.15, 0.2) is 102 Å². The molecule has 2 aliphatic heterocycles. The molecular weight excluding hydrogens is 693 g/mol. The fourth-order valence-corrected chi connectivity index (χ4v) is 4.36. The van der Waals surface area contributed by atoms with Crippen LogP contribution in [0.4, 0.5) is 8.78 Å². The van der Waals surface area contributed by atoms with Crippen LogP contribution in [0, 0.1) is 11.6 Å². The largest absolute Gasteiger partial charge is 0.488 e. The van der Waals surface area contributed by atoms with Crippen molar-refractivity contribution >= 4 is 68.0 Å². The third-order valence-corrected chi connectivity index (χ3v) is 6.53. The van der Waals surface area contributed by atoms with Crippen LogP contribution in [-0.2, 0) is 0 Å². The zero-order valence-electron chi connectivity index (χ0n) is 22.0. The van der Waals surface area contributed by atoms with Crippen molar-refractivity contribution in [2.75, 3.05) is 13.1 Å². The van der Waals surface area contributed by atoms with E-state index < -0.39 is 7.12 Å². The number of nitrogens with one attached hydrogen (secondary N) is 1. The predicted molar refractivity (Wildman–Crippen MR) is 169 cm³/mol. The Morgan fingerprint density at radius 3 is 1.86 bits per heavy atom. The van der Waals surface area contributed by atoms with Crippen molar-refractivity contribution in [3.05, 3.63) is 126 Å². The van der Waals surface area contributed by atoms with Crippen LogP contribution in [0.5, 0.6) is 0 Å². The van der Waals surface area contributed by atoms with Gasteiger partial charge in [-0.15, -0.1) is 0 Å². The topological polar surface area (TPSA) is 146 Å². The smallest absolute Gasteiger partial charge is 0.423 e. The summed E-state index contributed by atoms with van der Waals surface area (Å²) >= 11 is 6.48. The zero-order chi connectivity index (χ0) is 30.9. The first-order valence-corrected chi connectivity index (χ1v) is 14.0. The van der Waals surface area contributed by atoms with E-state index in [4.69, 9.17) is 10.0 Å². The summed E-state index contributed by atoms with van der Waals surface area (Å²) in [5.74, 6) is -0.731. The molecular formula is C28H21BBr2F2N6O4. The highest BCUT2D eigenvalue weighted by Gasteiger charge is 2.14. The minimum atomic E-state index is -1.51. The summed E-state index contributed by atoms with van der Waals surface area (Å²) in [5.41, 5.74) is 2.63. The van der Waals surface area contributed by atoms with Gasteiger partial charge in [0.2, 0.25) is 0 Å². The van der Waals surface area contributed by atoms with E-state index in [2.05, 4.69) is 56.8 Å². The van der Waals surface area contributed by atoms with E-state index in [1.54, 1.807) is 30.8 Å². The second-order valence-electron chi connectivity index (χ2n) is 8.70. The molecule has 43 heavy (non-hydrogen) atoms. The summed E-state index contributed by atoms with van der Waals surface area (Å²) in [6, 6.07) is 10.7. The number of benzene rings is 2. The first-order chi connectivity index (χ1) is 20.6. The summed E-state index contributed by atoms with van der Waals surface area (Å²) in [6.45, 7) is 1.18. The standard InChI is InChI=1S/C14H9BrFN3O.C8H6BrN3O.C6H6BFO2/c15-12-8-19(11-3-1-10(16)2-4-11)14(20)13(18-12)9-5-6-17-7-9;9-6-4-11-8(13)7(12-6)5-1-2-10-3-5;8-6-3-1-5(2-4-6)7(9)10/h1-5,7-8H,6H2;1,3-4H,2H2,(H,11,13);1-4,9-10H. The lowest BCUT2D eigenvalue weighted by atomic mass is 9.80. The number of aromatic amines is 1. The Kier molecular flexibility index (Phi) is 10.9. The van der Waals surface area contributed by atoms with Gasteiger partial charge in [-0.2, -0.15) is 0 Å². The van der Waals surface area contributed by atoms with Crippen LogP contribution < -0.4 is 16.6 Å². The van der Waals surface area contributed by atoms with E-state index in [1.807, 2.05) is 12.2 Å². The summed E-state index contributed by atoms with van der Waals surface area (Å²) in [6.07, 6.45) is 10.1. The highest BCUT2D eigenvalue weighted by molar-refractivity contribution is 9.10. The summed E-state index contributed by atoms with van der Waals surface area (Å²) < 4.78 is 27.7. The molecule has 2 aromatic carbocycles. The Hall–Kier alpha value is -4.18. The second-order valence-corrected chi connectivity index (χ2v) is 10.3. The molecule has 0 aliphatic carbocycles. The lowest BCUT2D eigenvalue weighted by Crippen LogP contribution is -2.29. The molecule has 0 amide bonds.